The second-order valence-corrected chi connectivity index (χ2v) is 3.39. The van der Waals surface area contributed by atoms with E-state index in [1.807, 2.05) is 12.1 Å². The maximum Gasteiger partial charge on any atom is 0.233 e. The fourth-order valence-corrected chi connectivity index (χ4v) is 1.44. The van der Waals surface area contributed by atoms with Crippen LogP contribution in [0.2, 0.25) is 0 Å². The van der Waals surface area contributed by atoms with Gasteiger partial charge >= 0.3 is 0 Å². The topological polar surface area (TPSA) is 34.1 Å². The van der Waals surface area contributed by atoms with Crippen LogP contribution >= 0.6 is 29.4 Å². The van der Waals surface area contributed by atoms with Gasteiger partial charge in [-0.15, -0.1) is 29.4 Å². The van der Waals surface area contributed by atoms with Gasteiger partial charge in [-0.25, -0.2) is 0 Å². The van der Waals surface area contributed by atoms with E-state index in [4.69, 9.17) is 0 Å². The van der Waals surface area contributed by atoms with Crippen molar-refractivity contribution in [2.24, 2.45) is 0 Å². The molecule has 94 valence electrons. The molecule has 0 saturated heterocycles. The van der Waals surface area contributed by atoms with Crippen molar-refractivity contribution in [3.05, 3.63) is 71.8 Å². The normalized spacial score (nSPS) is 8.67. The molecule has 0 radical (unpaired) electrons. The van der Waals surface area contributed by atoms with Crippen LogP contribution in [0.3, 0.4) is 0 Å². The summed E-state index contributed by atoms with van der Waals surface area (Å²) >= 11 is 0. The molecule has 2 aromatic carbocycles. The van der Waals surface area contributed by atoms with Crippen LogP contribution in [0.5, 0.6) is 0 Å². The average Bonchev–Trinajstić information content (AvgIpc) is 2.39. The van der Waals surface area contributed by atoms with Crippen molar-refractivity contribution >= 4 is 41.0 Å². The van der Waals surface area contributed by atoms with Crippen molar-refractivity contribution in [1.82, 2.24) is 0 Å². The van der Waals surface area contributed by atoms with E-state index in [0.29, 0.717) is 11.1 Å². The molecule has 0 spiro atoms. The van der Waals surface area contributed by atoms with E-state index in [9.17, 15) is 9.59 Å². The van der Waals surface area contributed by atoms with Crippen LogP contribution in [0.4, 0.5) is 0 Å². The lowest BCUT2D eigenvalue weighted by Crippen LogP contribution is -2.14. The number of carbonyl (C=O) groups excluding carboxylic acids is 2. The van der Waals surface area contributed by atoms with Gasteiger partial charge in [0.15, 0.2) is 0 Å². The van der Waals surface area contributed by atoms with Crippen LogP contribution in [0.1, 0.15) is 20.7 Å². The van der Waals surface area contributed by atoms with Crippen LogP contribution in [-0.4, -0.2) is 11.6 Å². The lowest BCUT2D eigenvalue weighted by Gasteiger charge is -1.99. The van der Waals surface area contributed by atoms with Gasteiger partial charge in [0.2, 0.25) is 11.6 Å². The SMILES string of the molecule is Br.Cl.O=C(C(=O)c1ccccc1)c1ccccc1. The average molecular weight is 328 g/mol. The fourth-order valence-electron chi connectivity index (χ4n) is 1.44. The Morgan fingerprint density at radius 3 is 1.17 bits per heavy atom. The van der Waals surface area contributed by atoms with Gasteiger partial charge in [0.25, 0.3) is 0 Å². The van der Waals surface area contributed by atoms with E-state index in [1.165, 1.54) is 0 Å². The first-order valence-electron chi connectivity index (χ1n) is 4.98. The van der Waals surface area contributed by atoms with Gasteiger partial charge < -0.3 is 0 Å². The molecule has 0 aliphatic rings. The summed E-state index contributed by atoms with van der Waals surface area (Å²) < 4.78 is 0. The highest BCUT2D eigenvalue weighted by molar-refractivity contribution is 8.93. The Bertz CT molecular complexity index is 462. The van der Waals surface area contributed by atoms with Gasteiger partial charge in [0.1, 0.15) is 0 Å². The summed E-state index contributed by atoms with van der Waals surface area (Å²) in [6, 6.07) is 17.2. The molecule has 18 heavy (non-hydrogen) atoms. The van der Waals surface area contributed by atoms with Gasteiger partial charge in [-0.05, 0) is 0 Å². The zero-order valence-electron chi connectivity index (χ0n) is 9.41. The number of Topliss-reactive ketones (excluding diaryl/α,β-unsaturated/α-hetero) is 2. The summed E-state index contributed by atoms with van der Waals surface area (Å²) in [6.45, 7) is 0. The first kappa shape index (κ1) is 16.6. The number of carbonyl (C=O) groups is 2. The minimum absolute atomic E-state index is 0. The number of hydrogen-bond acceptors (Lipinski definition) is 2. The van der Waals surface area contributed by atoms with Gasteiger partial charge in [-0.2, -0.15) is 0 Å². The number of ketones is 2. The summed E-state index contributed by atoms with van der Waals surface area (Å²) in [6.07, 6.45) is 0. The summed E-state index contributed by atoms with van der Waals surface area (Å²) in [5.74, 6) is -0.932. The molecule has 0 unspecified atom stereocenters. The molecule has 0 aliphatic heterocycles. The number of halogens is 2. The van der Waals surface area contributed by atoms with Crippen LogP contribution in [0, 0.1) is 0 Å². The van der Waals surface area contributed by atoms with Gasteiger partial charge in [0, 0.05) is 11.1 Å². The third kappa shape index (κ3) is 3.79. The Labute approximate surface area is 122 Å². The number of rotatable bonds is 3. The highest BCUT2D eigenvalue weighted by Crippen LogP contribution is 2.07. The van der Waals surface area contributed by atoms with E-state index in [-0.39, 0.29) is 29.4 Å². The second-order valence-electron chi connectivity index (χ2n) is 3.39. The Balaban J connectivity index is 0.00000144. The minimum Gasteiger partial charge on any atom is -0.285 e. The van der Waals surface area contributed by atoms with E-state index in [0.717, 1.165) is 0 Å². The molecule has 0 saturated carbocycles. The first-order valence-corrected chi connectivity index (χ1v) is 4.98. The molecule has 0 bridgehead atoms. The third-order valence-corrected chi connectivity index (χ3v) is 2.28. The molecule has 4 heteroatoms. The highest BCUT2D eigenvalue weighted by Gasteiger charge is 2.16. The molecule has 2 rings (SSSR count). The fraction of sp³-hybridized carbons (Fsp3) is 0. The summed E-state index contributed by atoms with van der Waals surface area (Å²) in [7, 11) is 0. The number of benzene rings is 2. The third-order valence-electron chi connectivity index (χ3n) is 2.28. The minimum atomic E-state index is -0.466. The van der Waals surface area contributed by atoms with Crippen LogP contribution in [-0.2, 0) is 0 Å². The monoisotopic (exact) mass is 326 g/mol. The Morgan fingerprint density at radius 2 is 0.889 bits per heavy atom. The zero-order chi connectivity index (χ0) is 11.4. The van der Waals surface area contributed by atoms with Crippen molar-refractivity contribution in [1.29, 1.82) is 0 Å². The van der Waals surface area contributed by atoms with Gasteiger partial charge in [-0.3, -0.25) is 9.59 Å². The van der Waals surface area contributed by atoms with Gasteiger partial charge in [0.05, 0.1) is 0 Å². The van der Waals surface area contributed by atoms with Crippen molar-refractivity contribution in [2.75, 3.05) is 0 Å². The molecule has 0 atom stereocenters. The lowest BCUT2D eigenvalue weighted by atomic mass is 10.0. The van der Waals surface area contributed by atoms with E-state index < -0.39 is 11.6 Å². The van der Waals surface area contributed by atoms with Crippen molar-refractivity contribution in [3.63, 3.8) is 0 Å². The lowest BCUT2D eigenvalue weighted by molar-refractivity contribution is 0.0817. The van der Waals surface area contributed by atoms with E-state index in [2.05, 4.69) is 0 Å². The van der Waals surface area contributed by atoms with Crippen LogP contribution < -0.4 is 0 Å². The maximum absolute atomic E-state index is 11.8. The molecule has 2 aromatic rings. The predicted octanol–water partition coefficient (Wildman–Crippen LogP) is 3.75. The van der Waals surface area contributed by atoms with Crippen LogP contribution in [0.15, 0.2) is 60.7 Å². The van der Waals surface area contributed by atoms with Crippen molar-refractivity contribution in [2.45, 2.75) is 0 Å². The smallest absolute Gasteiger partial charge is 0.233 e. The quantitative estimate of drug-likeness (QED) is 0.635. The largest absolute Gasteiger partial charge is 0.285 e. The zero-order valence-corrected chi connectivity index (χ0v) is 11.9. The Hall–Kier alpha value is -1.45. The Morgan fingerprint density at radius 1 is 0.611 bits per heavy atom. The predicted molar refractivity (Wildman–Crippen MR) is 79.1 cm³/mol. The molecular formula is C14H12BrClO2. The second kappa shape index (κ2) is 7.80. The summed E-state index contributed by atoms with van der Waals surface area (Å²) in [4.78, 5) is 23.6. The number of hydrogen-bond donors (Lipinski definition) is 0. The first-order chi connectivity index (χ1) is 7.79. The molecule has 0 amide bonds. The summed E-state index contributed by atoms with van der Waals surface area (Å²) in [5, 5.41) is 0. The molecule has 0 heterocycles. The molecule has 0 fully saturated rings. The highest BCUT2D eigenvalue weighted by atomic mass is 79.9. The molecule has 0 aliphatic carbocycles. The maximum atomic E-state index is 11.8. The Kier molecular flexibility index (Phi) is 7.17. The van der Waals surface area contributed by atoms with Gasteiger partial charge in [-0.1, -0.05) is 60.7 Å². The molecule has 0 aromatic heterocycles. The van der Waals surface area contributed by atoms with Crippen LogP contribution in [0.25, 0.3) is 0 Å². The van der Waals surface area contributed by atoms with E-state index >= 15 is 0 Å². The van der Waals surface area contributed by atoms with Crippen molar-refractivity contribution < 1.29 is 9.59 Å². The molecule has 2 nitrogen and oxygen atoms in total. The standard InChI is InChI=1S/C14H10O2.BrH.ClH/c15-13(11-7-3-1-4-8-11)14(16)12-9-5-2-6-10-12;;/h1-10H;2*1H. The summed E-state index contributed by atoms with van der Waals surface area (Å²) in [5.41, 5.74) is 0.854. The molecular weight excluding hydrogens is 316 g/mol. The molecule has 0 N–H and O–H groups in total. The van der Waals surface area contributed by atoms with E-state index in [1.54, 1.807) is 48.5 Å². The van der Waals surface area contributed by atoms with Crippen molar-refractivity contribution in [3.8, 4) is 0 Å².